The van der Waals surface area contributed by atoms with E-state index < -0.39 is 38.6 Å². The summed E-state index contributed by atoms with van der Waals surface area (Å²) in [5.74, 6) is -3.10. The van der Waals surface area contributed by atoms with Gasteiger partial charge in [-0.05, 0) is 55.5 Å². The Morgan fingerprint density at radius 3 is 2.63 bits per heavy atom. The highest BCUT2D eigenvalue weighted by Crippen LogP contribution is 2.43. The van der Waals surface area contributed by atoms with Crippen LogP contribution >= 0.6 is 11.6 Å². The van der Waals surface area contributed by atoms with Crippen molar-refractivity contribution >= 4 is 21.6 Å². The molecule has 1 fully saturated rings. The number of hydrogen-bond acceptors (Lipinski definition) is 5. The van der Waals surface area contributed by atoms with Gasteiger partial charge in [-0.15, -0.1) is 11.6 Å². The van der Waals surface area contributed by atoms with E-state index in [0.29, 0.717) is 48.8 Å². The van der Waals surface area contributed by atoms with Gasteiger partial charge in [-0.2, -0.15) is 0 Å². The number of rotatable bonds is 7. The van der Waals surface area contributed by atoms with Crippen LogP contribution in [0.1, 0.15) is 36.3 Å². The topological polar surface area (TPSA) is 92.2 Å². The van der Waals surface area contributed by atoms with Crippen molar-refractivity contribution in [3.8, 4) is 16.9 Å². The van der Waals surface area contributed by atoms with Crippen molar-refractivity contribution in [2.24, 2.45) is 0 Å². The number of phenols is 1. The SMILES string of the molecule is CS(=O)(=O)N[C@H]1CC[C@](Cc2ccc(F)c(-c3cc(F)cc(F)c3O)c2)(c2nccc(CCl)n2)C1. The van der Waals surface area contributed by atoms with Gasteiger partial charge in [0.05, 0.1) is 17.8 Å². The lowest BCUT2D eigenvalue weighted by Crippen LogP contribution is -2.35. The lowest BCUT2D eigenvalue weighted by molar-refractivity contribution is 0.398. The van der Waals surface area contributed by atoms with E-state index in [4.69, 9.17) is 11.6 Å². The Hall–Kier alpha value is -2.69. The van der Waals surface area contributed by atoms with Gasteiger partial charge >= 0.3 is 0 Å². The van der Waals surface area contributed by atoms with Crippen LogP contribution in [-0.4, -0.2) is 35.8 Å². The summed E-state index contributed by atoms with van der Waals surface area (Å²) < 4.78 is 68.8. The molecule has 0 radical (unpaired) electrons. The van der Waals surface area contributed by atoms with Gasteiger partial charge in [0.15, 0.2) is 11.6 Å². The number of alkyl halides is 1. The van der Waals surface area contributed by atoms with Gasteiger partial charge in [0.2, 0.25) is 10.0 Å². The molecule has 0 bridgehead atoms. The molecule has 0 unspecified atom stereocenters. The van der Waals surface area contributed by atoms with Crippen LogP contribution in [0.25, 0.3) is 11.1 Å². The second-order valence-electron chi connectivity index (χ2n) is 8.89. The first-order valence-corrected chi connectivity index (χ1v) is 13.2. The number of phenolic OH excluding ortho intramolecular Hbond substituents is 1. The van der Waals surface area contributed by atoms with Crippen molar-refractivity contribution in [2.45, 2.75) is 43.0 Å². The largest absolute Gasteiger partial charge is 0.504 e. The molecule has 1 saturated carbocycles. The Balaban J connectivity index is 1.76. The van der Waals surface area contributed by atoms with Crippen molar-refractivity contribution in [1.29, 1.82) is 0 Å². The van der Waals surface area contributed by atoms with Crippen molar-refractivity contribution in [1.82, 2.24) is 14.7 Å². The van der Waals surface area contributed by atoms with Crippen LogP contribution in [0.3, 0.4) is 0 Å². The zero-order valence-corrected chi connectivity index (χ0v) is 20.3. The summed E-state index contributed by atoms with van der Waals surface area (Å²) in [5.41, 5.74) is 0.0439. The van der Waals surface area contributed by atoms with Crippen molar-refractivity contribution in [2.75, 3.05) is 6.26 Å². The first-order chi connectivity index (χ1) is 16.5. The number of nitrogens with zero attached hydrogens (tertiary/aromatic N) is 2. The average Bonchev–Trinajstić information content (AvgIpc) is 3.19. The minimum Gasteiger partial charge on any atom is -0.504 e. The third-order valence-corrected chi connectivity index (χ3v) is 7.24. The molecule has 2 aromatic carbocycles. The van der Waals surface area contributed by atoms with E-state index >= 15 is 0 Å². The molecule has 1 aromatic heterocycles. The summed E-state index contributed by atoms with van der Waals surface area (Å²) in [4.78, 5) is 9.02. The first-order valence-electron chi connectivity index (χ1n) is 10.8. The molecule has 6 nitrogen and oxygen atoms in total. The Morgan fingerprint density at radius 1 is 1.14 bits per heavy atom. The van der Waals surface area contributed by atoms with Crippen LogP contribution in [0, 0.1) is 17.5 Å². The molecule has 0 saturated heterocycles. The Kier molecular flexibility index (Phi) is 7.08. The number of aromatic hydroxyl groups is 1. The van der Waals surface area contributed by atoms with E-state index in [-0.39, 0.29) is 23.0 Å². The van der Waals surface area contributed by atoms with Crippen LogP contribution < -0.4 is 4.72 Å². The van der Waals surface area contributed by atoms with Crippen LogP contribution in [0.4, 0.5) is 13.2 Å². The van der Waals surface area contributed by atoms with Crippen LogP contribution in [0.5, 0.6) is 5.75 Å². The van der Waals surface area contributed by atoms with Gasteiger partial charge in [0, 0.05) is 34.8 Å². The summed E-state index contributed by atoms with van der Waals surface area (Å²) >= 11 is 5.96. The third-order valence-electron chi connectivity index (χ3n) is 6.21. The highest BCUT2D eigenvalue weighted by atomic mass is 35.5. The second kappa shape index (κ2) is 9.75. The summed E-state index contributed by atoms with van der Waals surface area (Å²) in [7, 11) is -3.45. The fourth-order valence-electron chi connectivity index (χ4n) is 4.75. The van der Waals surface area contributed by atoms with E-state index in [1.165, 1.54) is 12.1 Å². The van der Waals surface area contributed by atoms with E-state index in [1.807, 2.05) is 0 Å². The molecule has 1 heterocycles. The maximum atomic E-state index is 14.7. The van der Waals surface area contributed by atoms with Gasteiger partial charge in [0.1, 0.15) is 17.5 Å². The molecule has 3 aromatic rings. The quantitative estimate of drug-likeness (QED) is 0.440. The highest BCUT2D eigenvalue weighted by Gasteiger charge is 2.44. The van der Waals surface area contributed by atoms with Crippen molar-refractivity contribution in [3.63, 3.8) is 0 Å². The lowest BCUT2D eigenvalue weighted by Gasteiger charge is -2.29. The zero-order chi connectivity index (χ0) is 25.4. The monoisotopic (exact) mass is 525 g/mol. The summed E-state index contributed by atoms with van der Waals surface area (Å²) in [6.45, 7) is 0. The number of nitrogens with one attached hydrogen (secondary N) is 1. The van der Waals surface area contributed by atoms with Crippen molar-refractivity contribution < 1.29 is 26.7 Å². The summed E-state index contributed by atoms with van der Waals surface area (Å²) in [6.07, 6.45) is 4.44. The predicted molar refractivity (Wildman–Crippen MR) is 126 cm³/mol. The molecule has 2 N–H and O–H groups in total. The predicted octanol–water partition coefficient (Wildman–Crippen LogP) is 4.59. The van der Waals surface area contributed by atoms with E-state index in [1.54, 1.807) is 12.3 Å². The van der Waals surface area contributed by atoms with Crippen LogP contribution in [-0.2, 0) is 27.7 Å². The van der Waals surface area contributed by atoms with Crippen LogP contribution in [0.2, 0.25) is 0 Å². The second-order valence-corrected chi connectivity index (χ2v) is 10.9. The molecule has 2 atom stereocenters. The van der Waals surface area contributed by atoms with Gasteiger partial charge in [-0.1, -0.05) is 6.07 Å². The Morgan fingerprint density at radius 2 is 1.91 bits per heavy atom. The number of sulfonamides is 1. The molecular formula is C24H23ClF3N3O3S. The maximum absolute atomic E-state index is 14.7. The van der Waals surface area contributed by atoms with Gasteiger partial charge < -0.3 is 5.11 Å². The summed E-state index contributed by atoms with van der Waals surface area (Å²) in [5, 5.41) is 10.1. The standard InChI is InChI=1S/C24H23ClF3N3O3S/c1-35(33,34)31-16-4-6-24(12-16,23-29-7-5-17(13-25)30-23)11-14-2-3-20(27)18(8-14)19-9-15(26)10-21(28)22(19)32/h2-3,5,7-10,16,31-32H,4,6,11-13H2,1H3/t16-,24+/m0/s1. The smallest absolute Gasteiger partial charge is 0.208 e. The number of hydrogen-bond donors (Lipinski definition) is 2. The molecule has 11 heteroatoms. The summed E-state index contributed by atoms with van der Waals surface area (Å²) in [6, 6.07) is 6.84. The Labute approximate surface area is 206 Å². The van der Waals surface area contributed by atoms with Gasteiger partial charge in [0.25, 0.3) is 0 Å². The normalized spacial score (nSPS) is 20.3. The minimum absolute atomic E-state index is 0.159. The van der Waals surface area contributed by atoms with Crippen molar-refractivity contribution in [3.05, 3.63) is 77.1 Å². The van der Waals surface area contributed by atoms with Crippen LogP contribution in [0.15, 0.2) is 42.6 Å². The van der Waals surface area contributed by atoms with E-state index in [0.717, 1.165) is 18.4 Å². The number of aromatic nitrogens is 2. The molecule has 35 heavy (non-hydrogen) atoms. The third kappa shape index (κ3) is 5.60. The fourth-order valence-corrected chi connectivity index (χ4v) is 5.70. The molecule has 0 spiro atoms. The molecule has 4 rings (SSSR count). The molecule has 1 aliphatic carbocycles. The molecular weight excluding hydrogens is 503 g/mol. The van der Waals surface area contributed by atoms with Gasteiger partial charge in [-0.3, -0.25) is 0 Å². The lowest BCUT2D eigenvalue weighted by atomic mass is 9.78. The molecule has 0 amide bonds. The first kappa shape index (κ1) is 25.4. The van der Waals surface area contributed by atoms with E-state index in [9.17, 15) is 26.7 Å². The molecule has 186 valence electrons. The molecule has 0 aliphatic heterocycles. The maximum Gasteiger partial charge on any atom is 0.208 e. The number of benzene rings is 2. The zero-order valence-electron chi connectivity index (χ0n) is 18.7. The number of halogens is 4. The fraction of sp³-hybridized carbons (Fsp3) is 0.333. The van der Waals surface area contributed by atoms with E-state index in [2.05, 4.69) is 14.7 Å². The Bertz CT molecular complexity index is 1370. The van der Waals surface area contributed by atoms with Gasteiger partial charge in [-0.25, -0.2) is 36.3 Å². The highest BCUT2D eigenvalue weighted by molar-refractivity contribution is 7.88. The minimum atomic E-state index is -3.45. The average molecular weight is 526 g/mol. The molecule has 1 aliphatic rings.